The standard InChI is InChI=1S/C21H21N3O/c25-21-20-8-4-3-5-16(20)9-11-24(21)12-10-22-15-19-13-17-6-1-2-7-18(17)14-23-19/h1-8,13-14,22H,9-12,15H2. The number of nitrogens with one attached hydrogen (secondary N) is 1. The molecule has 1 amide bonds. The van der Waals surface area contributed by atoms with Gasteiger partial charge in [-0.3, -0.25) is 9.78 Å². The van der Waals surface area contributed by atoms with E-state index >= 15 is 0 Å². The Kier molecular flexibility index (Phi) is 4.44. The van der Waals surface area contributed by atoms with Gasteiger partial charge in [0, 0.05) is 43.3 Å². The first-order valence-corrected chi connectivity index (χ1v) is 8.73. The van der Waals surface area contributed by atoms with Crippen LogP contribution in [0.15, 0.2) is 60.8 Å². The summed E-state index contributed by atoms with van der Waals surface area (Å²) in [6.45, 7) is 3.00. The fourth-order valence-corrected chi connectivity index (χ4v) is 3.34. The minimum Gasteiger partial charge on any atom is -0.337 e. The van der Waals surface area contributed by atoms with Gasteiger partial charge in [-0.05, 0) is 29.5 Å². The molecule has 0 unspecified atom stereocenters. The smallest absolute Gasteiger partial charge is 0.254 e. The molecule has 0 aliphatic carbocycles. The maximum absolute atomic E-state index is 12.5. The van der Waals surface area contributed by atoms with Gasteiger partial charge >= 0.3 is 0 Å². The molecule has 3 aromatic rings. The monoisotopic (exact) mass is 331 g/mol. The molecule has 126 valence electrons. The highest BCUT2D eigenvalue weighted by Gasteiger charge is 2.22. The number of hydrogen-bond donors (Lipinski definition) is 1. The molecule has 0 saturated carbocycles. The topological polar surface area (TPSA) is 45.2 Å². The van der Waals surface area contributed by atoms with E-state index in [0.29, 0.717) is 6.54 Å². The maximum atomic E-state index is 12.5. The van der Waals surface area contributed by atoms with Crippen molar-refractivity contribution in [1.82, 2.24) is 15.2 Å². The SMILES string of the molecule is O=C1c2ccccc2CCN1CCNCc1cc2ccccc2cn1. The predicted octanol–water partition coefficient (Wildman–Crippen LogP) is 3.02. The summed E-state index contributed by atoms with van der Waals surface area (Å²) in [6.07, 6.45) is 2.85. The van der Waals surface area contributed by atoms with Gasteiger partial charge in [-0.2, -0.15) is 0 Å². The lowest BCUT2D eigenvalue weighted by Gasteiger charge is -2.28. The molecule has 0 radical (unpaired) electrons. The molecule has 0 atom stereocenters. The van der Waals surface area contributed by atoms with E-state index in [1.54, 1.807) is 0 Å². The molecule has 0 fully saturated rings. The summed E-state index contributed by atoms with van der Waals surface area (Å²) in [5, 5.41) is 5.76. The van der Waals surface area contributed by atoms with Gasteiger partial charge in [0.15, 0.2) is 0 Å². The van der Waals surface area contributed by atoms with Crippen LogP contribution < -0.4 is 5.32 Å². The molecule has 4 rings (SSSR count). The molecule has 1 aromatic heterocycles. The third-order valence-corrected chi connectivity index (χ3v) is 4.74. The van der Waals surface area contributed by atoms with Crippen molar-refractivity contribution in [3.63, 3.8) is 0 Å². The Bertz CT molecular complexity index is 906. The number of pyridine rings is 1. The second-order valence-corrected chi connectivity index (χ2v) is 6.40. The summed E-state index contributed by atoms with van der Waals surface area (Å²) in [5.41, 5.74) is 3.04. The lowest BCUT2D eigenvalue weighted by Crippen LogP contribution is -2.41. The average molecular weight is 331 g/mol. The maximum Gasteiger partial charge on any atom is 0.254 e. The molecule has 1 aliphatic heterocycles. The lowest BCUT2D eigenvalue weighted by atomic mass is 9.99. The van der Waals surface area contributed by atoms with Gasteiger partial charge in [0.05, 0.1) is 5.69 Å². The van der Waals surface area contributed by atoms with Crippen molar-refractivity contribution in [1.29, 1.82) is 0 Å². The van der Waals surface area contributed by atoms with Crippen molar-refractivity contribution in [3.05, 3.63) is 77.6 Å². The fourth-order valence-electron chi connectivity index (χ4n) is 3.34. The third-order valence-electron chi connectivity index (χ3n) is 4.74. The van der Waals surface area contributed by atoms with Gasteiger partial charge in [-0.15, -0.1) is 0 Å². The van der Waals surface area contributed by atoms with Gasteiger partial charge in [0.25, 0.3) is 5.91 Å². The van der Waals surface area contributed by atoms with E-state index in [9.17, 15) is 4.79 Å². The molecule has 1 aliphatic rings. The molecular weight excluding hydrogens is 310 g/mol. The predicted molar refractivity (Wildman–Crippen MR) is 99.5 cm³/mol. The van der Waals surface area contributed by atoms with Crippen LogP contribution >= 0.6 is 0 Å². The molecule has 4 heteroatoms. The number of fused-ring (bicyclic) bond motifs is 2. The van der Waals surface area contributed by atoms with E-state index in [1.807, 2.05) is 47.5 Å². The Morgan fingerprint density at radius 3 is 2.76 bits per heavy atom. The van der Waals surface area contributed by atoms with E-state index in [2.05, 4.69) is 28.5 Å². The number of amides is 1. The Morgan fingerprint density at radius 1 is 1.04 bits per heavy atom. The molecule has 25 heavy (non-hydrogen) atoms. The summed E-state index contributed by atoms with van der Waals surface area (Å²) < 4.78 is 0. The highest BCUT2D eigenvalue weighted by Crippen LogP contribution is 2.18. The number of nitrogens with zero attached hydrogens (tertiary/aromatic N) is 2. The highest BCUT2D eigenvalue weighted by molar-refractivity contribution is 5.96. The second-order valence-electron chi connectivity index (χ2n) is 6.40. The minimum absolute atomic E-state index is 0.146. The van der Waals surface area contributed by atoms with Gasteiger partial charge in [-0.25, -0.2) is 0 Å². The van der Waals surface area contributed by atoms with E-state index in [0.717, 1.165) is 48.3 Å². The average Bonchev–Trinajstić information content (AvgIpc) is 2.67. The lowest BCUT2D eigenvalue weighted by molar-refractivity contribution is 0.0741. The van der Waals surface area contributed by atoms with E-state index in [4.69, 9.17) is 0 Å². The molecule has 0 spiro atoms. The van der Waals surface area contributed by atoms with Crippen LogP contribution in [0.1, 0.15) is 21.6 Å². The van der Waals surface area contributed by atoms with Gasteiger partial charge in [-0.1, -0.05) is 42.5 Å². The number of carbonyl (C=O) groups is 1. The van der Waals surface area contributed by atoms with Crippen molar-refractivity contribution < 1.29 is 4.79 Å². The normalized spacial score (nSPS) is 13.9. The van der Waals surface area contributed by atoms with Crippen LogP contribution in [-0.2, 0) is 13.0 Å². The van der Waals surface area contributed by atoms with Crippen molar-refractivity contribution >= 4 is 16.7 Å². The van der Waals surface area contributed by atoms with Crippen LogP contribution in [-0.4, -0.2) is 35.4 Å². The van der Waals surface area contributed by atoms with Crippen LogP contribution in [0.4, 0.5) is 0 Å². The second kappa shape index (κ2) is 7.03. The van der Waals surface area contributed by atoms with Crippen LogP contribution in [0, 0.1) is 0 Å². The van der Waals surface area contributed by atoms with Crippen molar-refractivity contribution in [2.24, 2.45) is 0 Å². The number of carbonyl (C=O) groups excluding carboxylic acids is 1. The van der Waals surface area contributed by atoms with Gasteiger partial charge in [0.1, 0.15) is 0 Å². The summed E-state index contributed by atoms with van der Waals surface area (Å²) in [6, 6.07) is 18.3. The zero-order valence-electron chi connectivity index (χ0n) is 14.1. The Morgan fingerprint density at radius 2 is 1.84 bits per heavy atom. The molecule has 2 aromatic carbocycles. The summed E-state index contributed by atoms with van der Waals surface area (Å²) in [5.74, 6) is 0.146. The summed E-state index contributed by atoms with van der Waals surface area (Å²) in [7, 11) is 0. The zero-order valence-corrected chi connectivity index (χ0v) is 14.1. The number of benzene rings is 2. The summed E-state index contributed by atoms with van der Waals surface area (Å²) >= 11 is 0. The van der Waals surface area contributed by atoms with Crippen molar-refractivity contribution in [2.75, 3.05) is 19.6 Å². The highest BCUT2D eigenvalue weighted by atomic mass is 16.2. The van der Waals surface area contributed by atoms with Crippen LogP contribution in [0.2, 0.25) is 0 Å². The fraction of sp³-hybridized carbons (Fsp3) is 0.238. The van der Waals surface area contributed by atoms with Gasteiger partial charge < -0.3 is 10.2 Å². The Labute approximate surface area is 147 Å². The Balaban J connectivity index is 1.31. The first-order valence-electron chi connectivity index (χ1n) is 8.73. The summed E-state index contributed by atoms with van der Waals surface area (Å²) in [4.78, 5) is 18.9. The van der Waals surface area contributed by atoms with Crippen LogP contribution in [0.5, 0.6) is 0 Å². The minimum atomic E-state index is 0.146. The Hall–Kier alpha value is -2.72. The molecule has 2 heterocycles. The zero-order chi connectivity index (χ0) is 17.1. The quantitative estimate of drug-likeness (QED) is 0.731. The molecule has 4 nitrogen and oxygen atoms in total. The third kappa shape index (κ3) is 3.39. The van der Waals surface area contributed by atoms with Gasteiger partial charge in [0.2, 0.25) is 0 Å². The number of rotatable bonds is 5. The van der Waals surface area contributed by atoms with Crippen LogP contribution in [0.3, 0.4) is 0 Å². The van der Waals surface area contributed by atoms with E-state index < -0.39 is 0 Å². The molecule has 0 saturated heterocycles. The van der Waals surface area contributed by atoms with E-state index in [1.165, 1.54) is 5.39 Å². The first-order chi connectivity index (χ1) is 12.3. The molecule has 0 bridgehead atoms. The van der Waals surface area contributed by atoms with Crippen LogP contribution in [0.25, 0.3) is 10.8 Å². The van der Waals surface area contributed by atoms with Crippen molar-refractivity contribution in [2.45, 2.75) is 13.0 Å². The number of aromatic nitrogens is 1. The van der Waals surface area contributed by atoms with E-state index in [-0.39, 0.29) is 5.91 Å². The number of hydrogen-bond acceptors (Lipinski definition) is 3. The largest absolute Gasteiger partial charge is 0.337 e. The van der Waals surface area contributed by atoms with Crippen molar-refractivity contribution in [3.8, 4) is 0 Å². The molecule has 1 N–H and O–H groups in total. The molecular formula is C21H21N3O. The first kappa shape index (κ1) is 15.8.